The molecule has 1 aromatic carbocycles. The molecule has 25 heavy (non-hydrogen) atoms. The highest BCUT2D eigenvalue weighted by Gasteiger charge is 2.38. The number of nitrogens with zero attached hydrogens (tertiary/aromatic N) is 1. The Morgan fingerprint density at radius 2 is 1.84 bits per heavy atom. The lowest BCUT2D eigenvalue weighted by Crippen LogP contribution is -2.33. The molecule has 2 unspecified atom stereocenters. The van der Waals surface area contributed by atoms with Crippen LogP contribution in [-0.4, -0.2) is 4.98 Å². The predicted octanol–water partition coefficient (Wildman–Crippen LogP) is 6.01. The zero-order chi connectivity index (χ0) is 18.0. The van der Waals surface area contributed by atoms with Crippen LogP contribution in [0.2, 0.25) is 0 Å². The smallest absolute Gasteiger partial charge is 0.120 e. The van der Waals surface area contributed by atoms with Gasteiger partial charge in [-0.3, -0.25) is 4.98 Å². The third-order valence-electron chi connectivity index (χ3n) is 5.57. The summed E-state index contributed by atoms with van der Waals surface area (Å²) in [5.41, 5.74) is 4.45. The van der Waals surface area contributed by atoms with E-state index in [1.54, 1.807) is 0 Å². The summed E-state index contributed by atoms with van der Waals surface area (Å²) in [7, 11) is 0. The monoisotopic (exact) mass is 337 g/mol. The van der Waals surface area contributed by atoms with Crippen LogP contribution in [0.25, 0.3) is 0 Å². The lowest BCUT2D eigenvalue weighted by molar-refractivity contribution is 0.169. The van der Waals surface area contributed by atoms with E-state index < -0.39 is 0 Å². The van der Waals surface area contributed by atoms with Crippen molar-refractivity contribution in [2.45, 2.75) is 60.0 Å². The Morgan fingerprint density at radius 1 is 1.12 bits per heavy atom. The van der Waals surface area contributed by atoms with Crippen LogP contribution in [0.3, 0.4) is 0 Å². The van der Waals surface area contributed by atoms with Gasteiger partial charge in [-0.1, -0.05) is 40.7 Å². The van der Waals surface area contributed by atoms with Gasteiger partial charge in [0, 0.05) is 12.4 Å². The molecular weight excluding hydrogens is 306 g/mol. The van der Waals surface area contributed by atoms with E-state index in [0.29, 0.717) is 12.5 Å². The summed E-state index contributed by atoms with van der Waals surface area (Å²) in [6.45, 7) is 12.5. The van der Waals surface area contributed by atoms with Crippen LogP contribution >= 0.6 is 0 Å². The minimum absolute atomic E-state index is 0.281. The van der Waals surface area contributed by atoms with Gasteiger partial charge in [0.15, 0.2) is 0 Å². The fourth-order valence-electron chi connectivity index (χ4n) is 4.38. The average Bonchev–Trinajstić information content (AvgIpc) is 2.58. The minimum atomic E-state index is 0.281. The molecule has 134 valence electrons. The number of hydrogen-bond acceptors (Lipinski definition) is 2. The summed E-state index contributed by atoms with van der Waals surface area (Å²) >= 11 is 0. The lowest BCUT2D eigenvalue weighted by atomic mass is 9.61. The van der Waals surface area contributed by atoms with Crippen LogP contribution in [0, 0.1) is 17.3 Å². The van der Waals surface area contributed by atoms with Crippen molar-refractivity contribution in [1.29, 1.82) is 0 Å². The van der Waals surface area contributed by atoms with Crippen molar-refractivity contribution in [3.8, 4) is 5.75 Å². The predicted molar refractivity (Wildman–Crippen MR) is 104 cm³/mol. The fourth-order valence-corrected chi connectivity index (χ4v) is 4.38. The van der Waals surface area contributed by atoms with Crippen LogP contribution in [0.4, 0.5) is 0 Å². The molecule has 0 fully saturated rings. The minimum Gasteiger partial charge on any atom is -0.489 e. The maximum atomic E-state index is 6.03. The van der Waals surface area contributed by atoms with Crippen molar-refractivity contribution >= 4 is 0 Å². The summed E-state index contributed by atoms with van der Waals surface area (Å²) in [4.78, 5) is 4.05. The molecule has 1 aromatic heterocycles. The van der Waals surface area contributed by atoms with Gasteiger partial charge >= 0.3 is 0 Å². The van der Waals surface area contributed by atoms with Crippen LogP contribution in [-0.2, 0) is 13.0 Å². The molecule has 0 radical (unpaired) electrons. The molecule has 1 heterocycles. The highest BCUT2D eigenvalue weighted by atomic mass is 16.5. The van der Waals surface area contributed by atoms with E-state index in [-0.39, 0.29) is 5.41 Å². The van der Waals surface area contributed by atoms with Gasteiger partial charge in [-0.2, -0.15) is 0 Å². The van der Waals surface area contributed by atoms with Crippen molar-refractivity contribution in [2.75, 3.05) is 0 Å². The fraction of sp³-hybridized carbons (Fsp3) is 0.522. The van der Waals surface area contributed by atoms with Gasteiger partial charge in [-0.05, 0) is 77.0 Å². The molecule has 0 spiro atoms. The van der Waals surface area contributed by atoms with Crippen molar-refractivity contribution in [2.24, 2.45) is 17.3 Å². The van der Waals surface area contributed by atoms with E-state index in [2.05, 4.69) is 57.8 Å². The van der Waals surface area contributed by atoms with E-state index in [9.17, 15) is 0 Å². The molecule has 1 aliphatic carbocycles. The first-order valence-electron chi connectivity index (χ1n) is 9.51. The molecule has 3 rings (SSSR count). The van der Waals surface area contributed by atoms with Gasteiger partial charge in [0.2, 0.25) is 0 Å². The quantitative estimate of drug-likeness (QED) is 0.681. The van der Waals surface area contributed by atoms with Crippen molar-refractivity contribution < 1.29 is 4.74 Å². The summed E-state index contributed by atoms with van der Waals surface area (Å²) in [5.74, 6) is 3.08. The van der Waals surface area contributed by atoms with E-state index in [4.69, 9.17) is 4.74 Å². The van der Waals surface area contributed by atoms with Crippen LogP contribution in [0.5, 0.6) is 5.75 Å². The molecule has 2 atom stereocenters. The summed E-state index contributed by atoms with van der Waals surface area (Å²) < 4.78 is 6.03. The normalized spacial score (nSPS) is 20.4. The van der Waals surface area contributed by atoms with E-state index in [0.717, 1.165) is 29.6 Å². The molecule has 1 aliphatic rings. The second kappa shape index (κ2) is 7.19. The summed E-state index contributed by atoms with van der Waals surface area (Å²) in [6.07, 6.45) is 6.06. The largest absolute Gasteiger partial charge is 0.489 e. The SMILES string of the molecule is CC(C)C1CCc2cc(OCc3ccncc3)ccc2C1C(C)(C)C. The van der Waals surface area contributed by atoms with Crippen molar-refractivity contribution in [1.82, 2.24) is 4.98 Å². The van der Waals surface area contributed by atoms with Crippen molar-refractivity contribution in [3.05, 3.63) is 59.4 Å². The third-order valence-corrected chi connectivity index (χ3v) is 5.57. The summed E-state index contributed by atoms with van der Waals surface area (Å²) in [6, 6.07) is 10.7. The maximum Gasteiger partial charge on any atom is 0.120 e. The number of rotatable bonds is 4. The van der Waals surface area contributed by atoms with Crippen LogP contribution in [0.1, 0.15) is 63.6 Å². The van der Waals surface area contributed by atoms with E-state index in [1.807, 2.05) is 24.5 Å². The highest BCUT2D eigenvalue weighted by molar-refractivity contribution is 5.41. The standard InChI is InChI=1S/C23H31NO/c1-16(2)20-8-6-18-14-19(25-15-17-10-12-24-13-11-17)7-9-21(18)22(20)23(3,4)5/h7,9-14,16,20,22H,6,8,15H2,1-5H3. The lowest BCUT2D eigenvalue weighted by Gasteiger charge is -2.44. The van der Waals surface area contributed by atoms with Gasteiger partial charge in [0.1, 0.15) is 12.4 Å². The average molecular weight is 338 g/mol. The molecule has 0 saturated heterocycles. The second-order valence-corrected chi connectivity index (χ2v) is 8.80. The topological polar surface area (TPSA) is 22.1 Å². The Hall–Kier alpha value is -1.83. The summed E-state index contributed by atoms with van der Waals surface area (Å²) in [5, 5.41) is 0. The number of benzene rings is 1. The number of aryl methyl sites for hydroxylation is 1. The Bertz CT molecular complexity index is 700. The van der Waals surface area contributed by atoms with Gasteiger partial charge in [0.05, 0.1) is 0 Å². The van der Waals surface area contributed by atoms with Crippen molar-refractivity contribution in [3.63, 3.8) is 0 Å². The van der Waals surface area contributed by atoms with Gasteiger partial charge in [-0.15, -0.1) is 0 Å². The molecule has 0 amide bonds. The molecule has 2 heteroatoms. The molecule has 0 saturated carbocycles. The van der Waals surface area contributed by atoms with Gasteiger partial charge in [0.25, 0.3) is 0 Å². The first-order valence-corrected chi connectivity index (χ1v) is 9.51. The second-order valence-electron chi connectivity index (χ2n) is 8.80. The van der Waals surface area contributed by atoms with E-state index in [1.165, 1.54) is 17.5 Å². The Labute approximate surface area is 152 Å². The molecule has 2 nitrogen and oxygen atoms in total. The number of aromatic nitrogens is 1. The van der Waals surface area contributed by atoms with Gasteiger partial charge in [-0.25, -0.2) is 0 Å². The molecule has 0 N–H and O–H groups in total. The number of fused-ring (bicyclic) bond motifs is 1. The molecule has 2 aromatic rings. The Kier molecular flexibility index (Phi) is 5.17. The van der Waals surface area contributed by atoms with E-state index >= 15 is 0 Å². The number of hydrogen-bond donors (Lipinski definition) is 0. The first-order chi connectivity index (χ1) is 11.9. The van der Waals surface area contributed by atoms with Crippen LogP contribution < -0.4 is 4.74 Å². The Balaban J connectivity index is 1.83. The number of ether oxygens (including phenoxy) is 1. The van der Waals surface area contributed by atoms with Gasteiger partial charge < -0.3 is 4.74 Å². The maximum absolute atomic E-state index is 6.03. The molecular formula is C23H31NO. The number of pyridine rings is 1. The zero-order valence-electron chi connectivity index (χ0n) is 16.3. The zero-order valence-corrected chi connectivity index (χ0v) is 16.3. The van der Waals surface area contributed by atoms with Crippen LogP contribution in [0.15, 0.2) is 42.7 Å². The first kappa shape index (κ1) is 18.0. The molecule has 0 bridgehead atoms. The third kappa shape index (κ3) is 4.05. The Morgan fingerprint density at radius 3 is 2.48 bits per heavy atom. The highest BCUT2D eigenvalue weighted by Crippen LogP contribution is 2.50. The molecule has 0 aliphatic heterocycles.